The average Bonchev–Trinajstić information content (AvgIpc) is 2.60. The zero-order chi connectivity index (χ0) is 15.8. The van der Waals surface area contributed by atoms with Crippen LogP contribution in [0.5, 0.6) is 0 Å². The van der Waals surface area contributed by atoms with Gasteiger partial charge < -0.3 is 0 Å². The SMILES string of the molecule is CCC.c1cc2cccc3c4cccc5cccc(c(c1)c23)c54. The van der Waals surface area contributed by atoms with Crippen molar-refractivity contribution >= 4 is 43.1 Å². The van der Waals surface area contributed by atoms with E-state index < -0.39 is 0 Å². The highest BCUT2D eigenvalue weighted by molar-refractivity contribution is 6.32. The first-order valence-corrected chi connectivity index (χ1v) is 8.39. The molecular formula is C23H20. The molecule has 0 fully saturated rings. The summed E-state index contributed by atoms with van der Waals surface area (Å²) in [5.41, 5.74) is 0. The summed E-state index contributed by atoms with van der Waals surface area (Å²) in [5.74, 6) is 0. The lowest BCUT2D eigenvalue weighted by atomic mass is 9.90. The van der Waals surface area contributed by atoms with Gasteiger partial charge in [-0.3, -0.25) is 0 Å². The maximum Gasteiger partial charge on any atom is -0.00264 e. The molecule has 0 N–H and O–H groups in total. The Bertz CT molecular complexity index is 933. The summed E-state index contributed by atoms with van der Waals surface area (Å²) in [6, 6.07) is 26.4. The van der Waals surface area contributed by atoms with E-state index in [4.69, 9.17) is 0 Å². The van der Waals surface area contributed by atoms with Gasteiger partial charge in [-0.05, 0) is 43.1 Å². The van der Waals surface area contributed by atoms with Gasteiger partial charge >= 0.3 is 0 Å². The van der Waals surface area contributed by atoms with Crippen molar-refractivity contribution in [3.05, 3.63) is 72.8 Å². The van der Waals surface area contributed by atoms with Crippen molar-refractivity contribution in [3.8, 4) is 0 Å². The van der Waals surface area contributed by atoms with Gasteiger partial charge in [-0.15, -0.1) is 0 Å². The molecule has 0 aliphatic rings. The molecule has 0 aliphatic carbocycles. The summed E-state index contributed by atoms with van der Waals surface area (Å²) >= 11 is 0. The Morgan fingerprint density at radius 1 is 0.478 bits per heavy atom. The largest absolute Gasteiger partial charge is 0.0656 e. The second kappa shape index (κ2) is 5.55. The van der Waals surface area contributed by atoms with Crippen LogP contribution < -0.4 is 0 Å². The van der Waals surface area contributed by atoms with Crippen LogP contribution in [0.2, 0.25) is 0 Å². The van der Waals surface area contributed by atoms with E-state index in [2.05, 4.69) is 86.6 Å². The first-order chi connectivity index (χ1) is 11.3. The van der Waals surface area contributed by atoms with Crippen LogP contribution in [-0.2, 0) is 0 Å². The molecule has 0 bridgehead atoms. The molecule has 0 spiro atoms. The van der Waals surface area contributed by atoms with Gasteiger partial charge in [0.05, 0.1) is 0 Å². The molecule has 0 unspecified atom stereocenters. The predicted octanol–water partition coefficient (Wildman–Crippen LogP) is 7.15. The van der Waals surface area contributed by atoms with Gasteiger partial charge in [-0.25, -0.2) is 0 Å². The molecule has 5 aromatic carbocycles. The Labute approximate surface area is 136 Å². The monoisotopic (exact) mass is 296 g/mol. The van der Waals surface area contributed by atoms with Crippen LogP contribution in [0.1, 0.15) is 20.3 Å². The normalized spacial score (nSPS) is 11.2. The lowest BCUT2D eigenvalue weighted by Crippen LogP contribution is -1.85. The Hall–Kier alpha value is -2.60. The van der Waals surface area contributed by atoms with Gasteiger partial charge in [0.25, 0.3) is 0 Å². The molecule has 0 nitrogen and oxygen atoms in total. The zero-order valence-corrected chi connectivity index (χ0v) is 13.6. The minimum atomic E-state index is 1.25. The van der Waals surface area contributed by atoms with E-state index >= 15 is 0 Å². The lowest BCUT2D eigenvalue weighted by molar-refractivity contribution is 1.09. The van der Waals surface area contributed by atoms with Gasteiger partial charge in [0, 0.05) is 0 Å². The highest BCUT2D eigenvalue weighted by Crippen LogP contribution is 2.39. The van der Waals surface area contributed by atoms with Crippen LogP contribution in [0.3, 0.4) is 0 Å². The number of hydrogen-bond acceptors (Lipinski definition) is 0. The maximum atomic E-state index is 2.25. The van der Waals surface area contributed by atoms with Gasteiger partial charge in [-0.2, -0.15) is 0 Å². The molecule has 23 heavy (non-hydrogen) atoms. The standard InChI is InChI=1S/C20H12.C3H8/c1-5-13-6-2-11-17-18-12-4-8-14-7-3-10-16(20(14)18)15(9-1)19(13)17;1-3-2/h1-12H;3H2,1-2H3. The van der Waals surface area contributed by atoms with E-state index in [1.54, 1.807) is 0 Å². The molecule has 0 atom stereocenters. The molecule has 112 valence electrons. The van der Waals surface area contributed by atoms with Gasteiger partial charge in [0.2, 0.25) is 0 Å². The third-order valence-corrected chi connectivity index (χ3v) is 4.39. The van der Waals surface area contributed by atoms with Crippen molar-refractivity contribution in [2.45, 2.75) is 20.3 Å². The van der Waals surface area contributed by atoms with Crippen molar-refractivity contribution in [2.24, 2.45) is 0 Å². The molecule has 0 saturated heterocycles. The molecular weight excluding hydrogens is 276 g/mol. The van der Waals surface area contributed by atoms with E-state index in [1.807, 2.05) is 0 Å². The summed E-state index contributed by atoms with van der Waals surface area (Å²) in [6.45, 7) is 4.25. The summed E-state index contributed by atoms with van der Waals surface area (Å²) < 4.78 is 0. The highest BCUT2D eigenvalue weighted by atomic mass is 14.1. The second-order valence-corrected chi connectivity index (χ2v) is 6.13. The predicted molar refractivity (Wildman–Crippen MR) is 104 cm³/mol. The molecule has 0 saturated carbocycles. The molecule has 5 aromatic rings. The van der Waals surface area contributed by atoms with Crippen molar-refractivity contribution in [3.63, 3.8) is 0 Å². The lowest BCUT2D eigenvalue weighted by Gasteiger charge is -2.13. The number of fused-ring (bicyclic) bond motifs is 2. The molecule has 0 aliphatic heterocycles. The first kappa shape index (κ1) is 14.0. The van der Waals surface area contributed by atoms with Gasteiger partial charge in [0.15, 0.2) is 0 Å². The molecule has 0 aromatic heterocycles. The minimum absolute atomic E-state index is 1.25. The van der Waals surface area contributed by atoms with Crippen LogP contribution in [0, 0.1) is 0 Å². The number of benzene rings is 5. The Balaban J connectivity index is 0.000000421. The van der Waals surface area contributed by atoms with Crippen LogP contribution in [-0.4, -0.2) is 0 Å². The zero-order valence-electron chi connectivity index (χ0n) is 13.6. The van der Waals surface area contributed by atoms with Crippen molar-refractivity contribution < 1.29 is 0 Å². The van der Waals surface area contributed by atoms with E-state index in [0.717, 1.165) is 0 Å². The van der Waals surface area contributed by atoms with Gasteiger partial charge in [0.1, 0.15) is 0 Å². The Morgan fingerprint density at radius 2 is 0.739 bits per heavy atom. The van der Waals surface area contributed by atoms with Crippen LogP contribution in [0.15, 0.2) is 72.8 Å². The van der Waals surface area contributed by atoms with Crippen molar-refractivity contribution in [1.29, 1.82) is 0 Å². The number of hydrogen-bond donors (Lipinski definition) is 0. The van der Waals surface area contributed by atoms with Crippen LogP contribution in [0.4, 0.5) is 0 Å². The van der Waals surface area contributed by atoms with Crippen LogP contribution in [0.25, 0.3) is 43.1 Å². The molecule has 0 radical (unpaired) electrons. The fraction of sp³-hybridized carbons (Fsp3) is 0.130. The fourth-order valence-corrected chi connectivity index (χ4v) is 3.58. The molecule has 0 heteroatoms. The first-order valence-electron chi connectivity index (χ1n) is 8.39. The van der Waals surface area contributed by atoms with Crippen molar-refractivity contribution in [2.75, 3.05) is 0 Å². The summed E-state index contributed by atoms with van der Waals surface area (Å²) in [6.07, 6.45) is 1.25. The quantitative estimate of drug-likeness (QED) is 0.210. The summed E-state index contributed by atoms with van der Waals surface area (Å²) in [7, 11) is 0. The third-order valence-electron chi connectivity index (χ3n) is 4.39. The molecule has 0 amide bonds. The van der Waals surface area contributed by atoms with Crippen LogP contribution >= 0.6 is 0 Å². The van der Waals surface area contributed by atoms with E-state index in [1.165, 1.54) is 49.5 Å². The van der Waals surface area contributed by atoms with Crippen molar-refractivity contribution in [1.82, 2.24) is 0 Å². The van der Waals surface area contributed by atoms with E-state index in [-0.39, 0.29) is 0 Å². The van der Waals surface area contributed by atoms with Gasteiger partial charge in [-0.1, -0.05) is 93.1 Å². The number of rotatable bonds is 0. The topological polar surface area (TPSA) is 0 Å². The summed E-state index contributed by atoms with van der Waals surface area (Å²) in [4.78, 5) is 0. The molecule has 5 rings (SSSR count). The van der Waals surface area contributed by atoms with E-state index in [0.29, 0.717) is 0 Å². The molecule has 0 heterocycles. The Morgan fingerprint density at radius 3 is 1.00 bits per heavy atom. The Kier molecular flexibility index (Phi) is 3.38. The maximum absolute atomic E-state index is 2.25. The highest BCUT2D eigenvalue weighted by Gasteiger charge is 2.11. The van der Waals surface area contributed by atoms with E-state index in [9.17, 15) is 0 Å². The smallest absolute Gasteiger partial charge is 0.00264 e. The summed E-state index contributed by atoms with van der Waals surface area (Å²) in [5, 5.41) is 10.9. The minimum Gasteiger partial charge on any atom is -0.0656 e. The third kappa shape index (κ3) is 2.06. The average molecular weight is 296 g/mol. The second-order valence-electron chi connectivity index (χ2n) is 6.13. The fourth-order valence-electron chi connectivity index (χ4n) is 3.58.